The van der Waals surface area contributed by atoms with Gasteiger partial charge in [0.1, 0.15) is 0 Å². The van der Waals surface area contributed by atoms with E-state index in [9.17, 15) is 4.79 Å². The third-order valence-corrected chi connectivity index (χ3v) is 4.12. The van der Waals surface area contributed by atoms with Gasteiger partial charge in [0.2, 0.25) is 0 Å². The number of aryl methyl sites for hydroxylation is 1. The number of aromatic nitrogens is 2. The van der Waals surface area contributed by atoms with Crippen molar-refractivity contribution in [1.82, 2.24) is 25.3 Å². The van der Waals surface area contributed by atoms with Gasteiger partial charge in [0.15, 0.2) is 0 Å². The summed E-state index contributed by atoms with van der Waals surface area (Å²) >= 11 is 5.99. The first kappa shape index (κ1) is 18.3. The largest absolute Gasteiger partial charge is 0.336 e. The summed E-state index contributed by atoms with van der Waals surface area (Å²) in [6.07, 6.45) is 3.78. The van der Waals surface area contributed by atoms with Crippen molar-refractivity contribution in [1.29, 1.82) is 0 Å². The molecule has 7 heteroatoms. The maximum Gasteiger partial charge on any atom is 0.315 e. The van der Waals surface area contributed by atoms with Crippen molar-refractivity contribution >= 4 is 17.6 Å². The molecule has 0 saturated carbocycles. The topological polar surface area (TPSA) is 62.2 Å². The third-order valence-electron chi connectivity index (χ3n) is 3.89. The number of rotatable bonds is 6. The lowest BCUT2D eigenvalue weighted by Crippen LogP contribution is -2.41. The molecule has 6 nitrogen and oxygen atoms in total. The molecule has 0 saturated heterocycles. The van der Waals surface area contributed by atoms with Gasteiger partial charge in [-0.05, 0) is 38.7 Å². The lowest BCUT2D eigenvalue weighted by atomic mass is 10.1. The molecule has 24 heavy (non-hydrogen) atoms. The average Bonchev–Trinajstić information content (AvgIpc) is 2.93. The fourth-order valence-electron chi connectivity index (χ4n) is 2.51. The van der Waals surface area contributed by atoms with E-state index in [1.807, 2.05) is 64.7 Å². The number of benzene rings is 1. The van der Waals surface area contributed by atoms with Gasteiger partial charge in [-0.15, -0.1) is 0 Å². The second kappa shape index (κ2) is 8.17. The SMILES string of the molecule is CC(NC(=O)NCC(c1cnn(C)c1)N(C)C)c1cccc(Cl)c1. The molecule has 2 rings (SSSR count). The molecule has 130 valence electrons. The molecule has 1 aromatic carbocycles. The van der Waals surface area contributed by atoms with Crippen LogP contribution < -0.4 is 10.6 Å². The van der Waals surface area contributed by atoms with Crippen molar-refractivity contribution in [2.75, 3.05) is 20.6 Å². The summed E-state index contributed by atoms with van der Waals surface area (Å²) in [6.45, 7) is 2.42. The zero-order valence-corrected chi connectivity index (χ0v) is 15.2. The number of likely N-dealkylation sites (N-methyl/N-ethyl adjacent to an activating group) is 1. The highest BCUT2D eigenvalue weighted by Gasteiger charge is 2.17. The molecule has 2 amide bonds. The van der Waals surface area contributed by atoms with Crippen molar-refractivity contribution in [2.45, 2.75) is 19.0 Å². The Balaban J connectivity index is 1.91. The fourth-order valence-corrected chi connectivity index (χ4v) is 2.71. The van der Waals surface area contributed by atoms with Gasteiger partial charge in [0.25, 0.3) is 0 Å². The number of halogens is 1. The van der Waals surface area contributed by atoms with Crippen LogP contribution in [0.2, 0.25) is 5.02 Å². The van der Waals surface area contributed by atoms with Crippen LogP contribution in [0.4, 0.5) is 4.79 Å². The quantitative estimate of drug-likeness (QED) is 0.843. The average molecular weight is 350 g/mol. The van der Waals surface area contributed by atoms with Crippen LogP contribution in [0.3, 0.4) is 0 Å². The first-order chi connectivity index (χ1) is 11.4. The summed E-state index contributed by atoms with van der Waals surface area (Å²) in [5.74, 6) is 0. The van der Waals surface area contributed by atoms with E-state index in [1.165, 1.54) is 0 Å². The van der Waals surface area contributed by atoms with E-state index in [1.54, 1.807) is 4.68 Å². The molecular weight excluding hydrogens is 326 g/mol. The first-order valence-corrected chi connectivity index (χ1v) is 8.19. The normalized spacial score (nSPS) is 13.6. The van der Waals surface area contributed by atoms with E-state index in [0.717, 1.165) is 11.1 Å². The Labute approximate surface area is 147 Å². The van der Waals surface area contributed by atoms with Crippen molar-refractivity contribution in [3.8, 4) is 0 Å². The van der Waals surface area contributed by atoms with E-state index < -0.39 is 0 Å². The molecule has 0 bridgehead atoms. The van der Waals surface area contributed by atoms with Crippen LogP contribution in [-0.2, 0) is 7.05 Å². The van der Waals surface area contributed by atoms with Crippen molar-refractivity contribution in [3.05, 3.63) is 52.8 Å². The molecule has 2 N–H and O–H groups in total. The van der Waals surface area contributed by atoms with Crippen LogP contribution in [-0.4, -0.2) is 41.4 Å². The lowest BCUT2D eigenvalue weighted by molar-refractivity contribution is 0.230. The Bertz CT molecular complexity index is 685. The Hall–Kier alpha value is -2.05. The van der Waals surface area contributed by atoms with Crippen molar-refractivity contribution in [3.63, 3.8) is 0 Å². The monoisotopic (exact) mass is 349 g/mol. The van der Waals surface area contributed by atoms with Gasteiger partial charge >= 0.3 is 6.03 Å². The highest BCUT2D eigenvalue weighted by Crippen LogP contribution is 2.18. The fraction of sp³-hybridized carbons (Fsp3) is 0.412. The van der Waals surface area contributed by atoms with Crippen LogP contribution in [0.1, 0.15) is 30.1 Å². The first-order valence-electron chi connectivity index (χ1n) is 7.81. The number of carbonyl (C=O) groups is 1. The highest BCUT2D eigenvalue weighted by atomic mass is 35.5. The number of nitrogens with zero attached hydrogens (tertiary/aromatic N) is 3. The van der Waals surface area contributed by atoms with Gasteiger partial charge in [-0.3, -0.25) is 4.68 Å². The van der Waals surface area contributed by atoms with Crippen LogP contribution in [0.25, 0.3) is 0 Å². The summed E-state index contributed by atoms with van der Waals surface area (Å²) in [6, 6.07) is 7.20. The minimum absolute atomic E-state index is 0.0610. The number of urea groups is 1. The van der Waals surface area contributed by atoms with Gasteiger partial charge in [-0.2, -0.15) is 5.10 Å². The van der Waals surface area contributed by atoms with Crippen LogP contribution in [0.5, 0.6) is 0 Å². The van der Waals surface area contributed by atoms with Gasteiger partial charge in [0.05, 0.1) is 18.3 Å². The Kier molecular flexibility index (Phi) is 6.23. The van der Waals surface area contributed by atoms with E-state index in [-0.39, 0.29) is 18.1 Å². The maximum atomic E-state index is 12.2. The number of carbonyl (C=O) groups excluding carboxylic acids is 1. The van der Waals surface area contributed by atoms with Crippen molar-refractivity contribution < 1.29 is 4.79 Å². The van der Waals surface area contributed by atoms with Crippen molar-refractivity contribution in [2.24, 2.45) is 7.05 Å². The van der Waals surface area contributed by atoms with E-state index in [4.69, 9.17) is 11.6 Å². The smallest absolute Gasteiger partial charge is 0.315 e. The molecule has 0 radical (unpaired) electrons. The molecule has 1 aromatic heterocycles. The Morgan fingerprint density at radius 3 is 2.71 bits per heavy atom. The Morgan fingerprint density at radius 2 is 2.12 bits per heavy atom. The van der Waals surface area contributed by atoms with Crippen LogP contribution >= 0.6 is 11.6 Å². The summed E-state index contributed by atoms with van der Waals surface area (Å²) in [7, 11) is 5.83. The summed E-state index contributed by atoms with van der Waals surface area (Å²) < 4.78 is 1.76. The minimum atomic E-state index is -0.210. The van der Waals surface area contributed by atoms with Gasteiger partial charge in [0, 0.05) is 30.4 Å². The summed E-state index contributed by atoms with van der Waals surface area (Å²) in [5, 5.41) is 10.7. The molecule has 2 aromatic rings. The minimum Gasteiger partial charge on any atom is -0.336 e. The van der Waals surface area contributed by atoms with Gasteiger partial charge in [-0.1, -0.05) is 23.7 Å². The molecule has 2 unspecified atom stereocenters. The van der Waals surface area contributed by atoms with E-state index in [0.29, 0.717) is 11.6 Å². The van der Waals surface area contributed by atoms with Gasteiger partial charge < -0.3 is 15.5 Å². The molecule has 2 atom stereocenters. The lowest BCUT2D eigenvalue weighted by Gasteiger charge is -2.24. The Morgan fingerprint density at radius 1 is 1.38 bits per heavy atom. The predicted molar refractivity (Wildman–Crippen MR) is 96.0 cm³/mol. The zero-order valence-electron chi connectivity index (χ0n) is 14.5. The number of amides is 2. The summed E-state index contributed by atoms with van der Waals surface area (Å²) in [5.41, 5.74) is 2.03. The number of hydrogen-bond acceptors (Lipinski definition) is 3. The molecule has 0 spiro atoms. The third kappa shape index (κ3) is 4.97. The maximum absolute atomic E-state index is 12.2. The van der Waals surface area contributed by atoms with Crippen LogP contribution in [0.15, 0.2) is 36.7 Å². The standard InChI is InChI=1S/C17H24ClN5O/c1-12(13-6-5-7-15(18)8-13)21-17(24)19-10-16(22(2)3)14-9-20-23(4)11-14/h5-9,11-12,16H,10H2,1-4H3,(H2,19,21,24). The molecule has 0 aliphatic heterocycles. The highest BCUT2D eigenvalue weighted by molar-refractivity contribution is 6.30. The molecule has 0 aliphatic carbocycles. The summed E-state index contributed by atoms with van der Waals surface area (Å²) in [4.78, 5) is 14.2. The molecule has 0 fully saturated rings. The second-order valence-electron chi connectivity index (χ2n) is 6.06. The second-order valence-corrected chi connectivity index (χ2v) is 6.49. The van der Waals surface area contributed by atoms with E-state index >= 15 is 0 Å². The molecule has 0 aliphatic rings. The molecular formula is C17H24ClN5O. The predicted octanol–water partition coefficient (Wildman–Crippen LogP) is 2.74. The number of nitrogens with one attached hydrogen (secondary N) is 2. The van der Waals surface area contributed by atoms with Crippen LogP contribution in [0, 0.1) is 0 Å². The van der Waals surface area contributed by atoms with E-state index in [2.05, 4.69) is 20.6 Å². The van der Waals surface area contributed by atoms with Gasteiger partial charge in [-0.25, -0.2) is 4.79 Å². The zero-order chi connectivity index (χ0) is 17.7. The molecule has 1 heterocycles. The number of hydrogen-bond donors (Lipinski definition) is 2.